The van der Waals surface area contributed by atoms with E-state index in [1.165, 1.54) is 6.07 Å². The molecule has 0 fully saturated rings. The number of carbonyl (C=O) groups excluding carboxylic acids is 2. The highest BCUT2D eigenvalue weighted by Crippen LogP contribution is 2.23. The zero-order valence-corrected chi connectivity index (χ0v) is 19.9. The van der Waals surface area contributed by atoms with Gasteiger partial charge in [-0.2, -0.15) is 0 Å². The first-order valence-corrected chi connectivity index (χ1v) is 10.7. The van der Waals surface area contributed by atoms with E-state index in [0.717, 1.165) is 11.3 Å². The van der Waals surface area contributed by atoms with Crippen LogP contribution in [0.4, 0.5) is 0 Å². The molecule has 2 atom stereocenters. The Balaban J connectivity index is 2.11. The van der Waals surface area contributed by atoms with E-state index in [1.807, 2.05) is 57.1 Å². The fourth-order valence-corrected chi connectivity index (χ4v) is 3.68. The normalized spacial score (nSPS) is 13.1. The number of carbonyl (C=O) groups is 2. The van der Waals surface area contributed by atoms with Gasteiger partial charge >= 0.3 is 0 Å². The number of nitrogens with one attached hydrogen (secondary N) is 2. The Morgan fingerprint density at radius 3 is 2.39 bits per heavy atom. The molecule has 2 aromatic rings. The average Bonchev–Trinajstić information content (AvgIpc) is 2.71. The molecule has 8 heteroatoms. The predicted octanol–water partition coefficient (Wildman–Crippen LogP) is 4.18. The quantitative estimate of drug-likeness (QED) is 0.582. The van der Waals surface area contributed by atoms with E-state index in [1.54, 1.807) is 19.2 Å². The number of hydrogen-bond donors (Lipinski definition) is 2. The average molecular weight is 466 g/mol. The third-order valence-corrected chi connectivity index (χ3v) is 5.53. The lowest BCUT2D eigenvalue weighted by atomic mass is 10.0. The van der Waals surface area contributed by atoms with Gasteiger partial charge in [0.15, 0.2) is 0 Å². The van der Waals surface area contributed by atoms with Crippen LogP contribution in [0.25, 0.3) is 0 Å². The number of benzene rings is 2. The summed E-state index contributed by atoms with van der Waals surface area (Å²) in [7, 11) is 5.51. The van der Waals surface area contributed by atoms with E-state index in [0.29, 0.717) is 11.6 Å². The number of amides is 2. The molecule has 0 radical (unpaired) electrons. The molecule has 2 rings (SSSR count). The number of methoxy groups -OCH3 is 1. The number of nitrogens with zero attached hydrogens (tertiary/aromatic N) is 1. The van der Waals surface area contributed by atoms with Crippen LogP contribution in [0.3, 0.4) is 0 Å². The van der Waals surface area contributed by atoms with Crippen LogP contribution in [0.2, 0.25) is 10.0 Å². The molecule has 0 aliphatic rings. The largest absolute Gasteiger partial charge is 0.497 e. The van der Waals surface area contributed by atoms with E-state index < -0.39 is 11.9 Å². The van der Waals surface area contributed by atoms with Crippen molar-refractivity contribution in [3.05, 3.63) is 63.6 Å². The van der Waals surface area contributed by atoms with Crippen molar-refractivity contribution in [3.63, 3.8) is 0 Å². The molecule has 168 valence electrons. The molecule has 0 spiro atoms. The number of hydrogen-bond acceptors (Lipinski definition) is 4. The first-order chi connectivity index (χ1) is 14.6. The van der Waals surface area contributed by atoms with Crippen molar-refractivity contribution in [3.8, 4) is 5.75 Å². The number of halogens is 2. The van der Waals surface area contributed by atoms with Gasteiger partial charge in [-0.05, 0) is 55.9 Å². The van der Waals surface area contributed by atoms with Gasteiger partial charge in [0.2, 0.25) is 5.91 Å². The van der Waals surface area contributed by atoms with E-state index >= 15 is 0 Å². The third-order valence-electron chi connectivity index (χ3n) is 4.98. The second-order valence-corrected chi connectivity index (χ2v) is 8.66. The molecule has 2 N–H and O–H groups in total. The lowest BCUT2D eigenvalue weighted by molar-refractivity contribution is -0.124. The van der Waals surface area contributed by atoms with Gasteiger partial charge in [0, 0.05) is 11.6 Å². The van der Waals surface area contributed by atoms with Crippen LogP contribution >= 0.6 is 23.2 Å². The van der Waals surface area contributed by atoms with Crippen LogP contribution in [-0.4, -0.2) is 50.5 Å². The first-order valence-electron chi connectivity index (χ1n) is 9.98. The zero-order chi connectivity index (χ0) is 23.1. The maximum absolute atomic E-state index is 12.9. The highest BCUT2D eigenvalue weighted by atomic mass is 35.5. The topological polar surface area (TPSA) is 70.7 Å². The molecule has 2 aromatic carbocycles. The van der Waals surface area contributed by atoms with Crippen LogP contribution in [0, 0.1) is 5.92 Å². The minimum absolute atomic E-state index is 0.0618. The summed E-state index contributed by atoms with van der Waals surface area (Å²) >= 11 is 12.0. The maximum Gasteiger partial charge on any atom is 0.253 e. The van der Waals surface area contributed by atoms with Gasteiger partial charge in [0.1, 0.15) is 11.8 Å². The maximum atomic E-state index is 12.9. The van der Waals surface area contributed by atoms with Crippen LogP contribution in [-0.2, 0) is 4.79 Å². The van der Waals surface area contributed by atoms with Crippen LogP contribution in [0.15, 0.2) is 42.5 Å². The lowest BCUT2D eigenvalue weighted by Crippen LogP contribution is -2.51. The monoisotopic (exact) mass is 465 g/mol. The summed E-state index contributed by atoms with van der Waals surface area (Å²) in [6.07, 6.45) is 0. The zero-order valence-electron chi connectivity index (χ0n) is 18.4. The summed E-state index contributed by atoms with van der Waals surface area (Å²) < 4.78 is 5.31. The summed E-state index contributed by atoms with van der Waals surface area (Å²) in [5.41, 5.74) is 1.29. The number of ether oxygens (including phenoxy) is 1. The Morgan fingerprint density at radius 1 is 1.10 bits per heavy atom. The van der Waals surface area contributed by atoms with Gasteiger partial charge < -0.3 is 20.3 Å². The Labute approximate surface area is 193 Å². The molecular weight excluding hydrogens is 437 g/mol. The van der Waals surface area contributed by atoms with Crippen molar-refractivity contribution in [2.24, 2.45) is 5.92 Å². The third kappa shape index (κ3) is 6.86. The Morgan fingerprint density at radius 2 is 1.81 bits per heavy atom. The predicted molar refractivity (Wildman–Crippen MR) is 125 cm³/mol. The summed E-state index contributed by atoms with van der Waals surface area (Å²) in [4.78, 5) is 27.7. The smallest absolute Gasteiger partial charge is 0.253 e. The fourth-order valence-electron chi connectivity index (χ4n) is 3.18. The standard InChI is InChI=1S/C23H29Cl2N3O3/c1-14(2)21(27-22(29)18-10-9-16(24)12-19(18)25)23(30)26-13-20(28(3)4)15-7-6-8-17(11-15)31-5/h6-12,14,20-21H,13H2,1-5H3,(H,26,30)(H,27,29). The summed E-state index contributed by atoms with van der Waals surface area (Å²) in [6, 6.07) is 11.6. The molecule has 6 nitrogen and oxygen atoms in total. The molecule has 2 amide bonds. The molecule has 0 saturated heterocycles. The van der Waals surface area contributed by atoms with E-state index in [-0.39, 0.29) is 28.5 Å². The summed E-state index contributed by atoms with van der Waals surface area (Å²) in [6.45, 7) is 4.12. The van der Waals surface area contributed by atoms with E-state index in [2.05, 4.69) is 10.6 Å². The van der Waals surface area contributed by atoms with Crippen molar-refractivity contribution in [1.29, 1.82) is 0 Å². The molecule has 0 bridgehead atoms. The molecule has 31 heavy (non-hydrogen) atoms. The van der Waals surface area contributed by atoms with Crippen molar-refractivity contribution in [2.45, 2.75) is 25.9 Å². The van der Waals surface area contributed by atoms with Gasteiger partial charge in [-0.3, -0.25) is 9.59 Å². The van der Waals surface area contributed by atoms with Gasteiger partial charge in [-0.1, -0.05) is 49.2 Å². The van der Waals surface area contributed by atoms with Crippen molar-refractivity contribution >= 4 is 35.0 Å². The number of likely N-dealkylation sites (N-methyl/N-ethyl adjacent to an activating group) is 1. The SMILES string of the molecule is COc1cccc(C(CNC(=O)C(NC(=O)c2ccc(Cl)cc2Cl)C(C)C)N(C)C)c1. The number of rotatable bonds is 9. The first kappa shape index (κ1) is 25.0. The molecule has 0 aromatic heterocycles. The van der Waals surface area contributed by atoms with Crippen LogP contribution in [0.5, 0.6) is 5.75 Å². The minimum Gasteiger partial charge on any atom is -0.497 e. The van der Waals surface area contributed by atoms with Crippen molar-refractivity contribution in [1.82, 2.24) is 15.5 Å². The molecule has 0 heterocycles. The van der Waals surface area contributed by atoms with E-state index in [9.17, 15) is 9.59 Å². The molecule has 0 saturated carbocycles. The fraction of sp³-hybridized carbons (Fsp3) is 0.391. The highest BCUT2D eigenvalue weighted by molar-refractivity contribution is 6.36. The second-order valence-electron chi connectivity index (χ2n) is 7.82. The van der Waals surface area contributed by atoms with Gasteiger partial charge in [0.05, 0.1) is 23.7 Å². The Kier molecular flexibility index (Phi) is 9.16. The van der Waals surface area contributed by atoms with Crippen LogP contribution in [0.1, 0.15) is 35.8 Å². The van der Waals surface area contributed by atoms with Gasteiger partial charge in [-0.15, -0.1) is 0 Å². The minimum atomic E-state index is -0.715. The van der Waals surface area contributed by atoms with Gasteiger partial charge in [0.25, 0.3) is 5.91 Å². The molecule has 2 unspecified atom stereocenters. The molecular formula is C23H29Cl2N3O3. The van der Waals surface area contributed by atoms with Gasteiger partial charge in [-0.25, -0.2) is 0 Å². The van der Waals surface area contributed by atoms with Crippen LogP contribution < -0.4 is 15.4 Å². The second kappa shape index (κ2) is 11.4. The Hall–Kier alpha value is -2.28. The lowest BCUT2D eigenvalue weighted by Gasteiger charge is -2.27. The molecule has 0 aliphatic heterocycles. The highest BCUT2D eigenvalue weighted by Gasteiger charge is 2.26. The van der Waals surface area contributed by atoms with Crippen molar-refractivity contribution < 1.29 is 14.3 Å². The summed E-state index contributed by atoms with van der Waals surface area (Å²) in [5, 5.41) is 6.44. The molecule has 0 aliphatic carbocycles. The van der Waals surface area contributed by atoms with Crippen molar-refractivity contribution in [2.75, 3.05) is 27.7 Å². The Bertz CT molecular complexity index is 919. The summed E-state index contributed by atoms with van der Waals surface area (Å²) in [5.74, 6) is -0.0526. The van der Waals surface area contributed by atoms with E-state index in [4.69, 9.17) is 27.9 Å².